The molecule has 0 aromatic heterocycles. The zero-order valence-corrected chi connectivity index (χ0v) is 13.3. The number of carbonyl (C=O) groups is 1. The predicted octanol–water partition coefficient (Wildman–Crippen LogP) is 3.51. The van der Waals surface area contributed by atoms with E-state index in [9.17, 15) is 9.18 Å². The number of carbonyl (C=O) groups excluding carboxylic acids is 1. The van der Waals surface area contributed by atoms with Crippen molar-refractivity contribution in [1.29, 1.82) is 0 Å². The molecule has 0 radical (unpaired) electrons. The minimum Gasteiger partial charge on any atom is -0.497 e. The fraction of sp³-hybridized carbons (Fsp3) is 0.235. The fourth-order valence-corrected chi connectivity index (χ4v) is 2.07. The third-order valence-corrected chi connectivity index (χ3v) is 3.30. The van der Waals surface area contributed by atoms with Crippen LogP contribution in [0.4, 0.5) is 14.9 Å². The zero-order valence-electron chi connectivity index (χ0n) is 13.3. The SMILES string of the molecule is COc1cccc(NC(=O)N(C)Cc2ccc(OC)c(F)c2)c1. The van der Waals surface area contributed by atoms with Gasteiger partial charge in [-0.3, -0.25) is 0 Å². The van der Waals surface area contributed by atoms with E-state index in [0.29, 0.717) is 17.0 Å². The number of benzene rings is 2. The number of nitrogens with zero attached hydrogens (tertiary/aromatic N) is 1. The summed E-state index contributed by atoms with van der Waals surface area (Å²) in [5, 5.41) is 2.76. The molecule has 0 aliphatic rings. The van der Waals surface area contributed by atoms with E-state index in [1.807, 2.05) is 0 Å². The molecule has 2 aromatic rings. The first-order valence-corrected chi connectivity index (χ1v) is 7.02. The number of anilines is 1. The Hall–Kier alpha value is -2.76. The van der Waals surface area contributed by atoms with Crippen molar-refractivity contribution in [3.8, 4) is 11.5 Å². The van der Waals surface area contributed by atoms with Crippen molar-refractivity contribution in [2.24, 2.45) is 0 Å². The van der Waals surface area contributed by atoms with E-state index in [-0.39, 0.29) is 18.3 Å². The molecule has 0 fully saturated rings. The molecule has 0 spiro atoms. The number of rotatable bonds is 5. The quantitative estimate of drug-likeness (QED) is 0.918. The van der Waals surface area contributed by atoms with Crippen LogP contribution in [-0.4, -0.2) is 32.2 Å². The molecular formula is C17H19FN2O3. The summed E-state index contributed by atoms with van der Waals surface area (Å²) in [6.07, 6.45) is 0. The lowest BCUT2D eigenvalue weighted by Gasteiger charge is -2.18. The summed E-state index contributed by atoms with van der Waals surface area (Å²) in [5.74, 6) is 0.381. The third kappa shape index (κ3) is 4.35. The topological polar surface area (TPSA) is 50.8 Å². The van der Waals surface area contributed by atoms with Gasteiger partial charge >= 0.3 is 6.03 Å². The smallest absolute Gasteiger partial charge is 0.321 e. The van der Waals surface area contributed by atoms with E-state index in [0.717, 1.165) is 0 Å². The van der Waals surface area contributed by atoms with Gasteiger partial charge in [-0.05, 0) is 29.8 Å². The summed E-state index contributed by atoms with van der Waals surface area (Å²) < 4.78 is 23.7. The van der Waals surface area contributed by atoms with E-state index in [1.54, 1.807) is 50.6 Å². The van der Waals surface area contributed by atoms with Crippen molar-refractivity contribution in [2.45, 2.75) is 6.54 Å². The Bertz CT molecular complexity index is 691. The summed E-state index contributed by atoms with van der Waals surface area (Å²) >= 11 is 0. The molecule has 2 rings (SSSR count). The number of methoxy groups -OCH3 is 2. The number of halogens is 1. The number of amides is 2. The number of ether oxygens (including phenoxy) is 2. The van der Waals surface area contributed by atoms with Crippen LogP contribution in [0.2, 0.25) is 0 Å². The second kappa shape index (κ2) is 7.49. The van der Waals surface area contributed by atoms with Crippen LogP contribution in [0, 0.1) is 5.82 Å². The normalized spacial score (nSPS) is 10.1. The third-order valence-electron chi connectivity index (χ3n) is 3.30. The molecule has 23 heavy (non-hydrogen) atoms. The first-order chi connectivity index (χ1) is 11.0. The van der Waals surface area contributed by atoms with Crippen molar-refractivity contribution in [2.75, 3.05) is 26.6 Å². The molecule has 0 saturated heterocycles. The first kappa shape index (κ1) is 16.6. The van der Waals surface area contributed by atoms with E-state index >= 15 is 0 Å². The summed E-state index contributed by atoms with van der Waals surface area (Å²) in [6.45, 7) is 0.275. The van der Waals surface area contributed by atoms with Crippen LogP contribution in [0.25, 0.3) is 0 Å². The maximum Gasteiger partial charge on any atom is 0.321 e. The molecule has 2 amide bonds. The molecule has 0 atom stereocenters. The van der Waals surface area contributed by atoms with Crippen molar-refractivity contribution in [3.05, 3.63) is 53.8 Å². The van der Waals surface area contributed by atoms with Crippen LogP contribution in [0.3, 0.4) is 0 Å². The summed E-state index contributed by atoms with van der Waals surface area (Å²) in [4.78, 5) is 13.6. The Balaban J connectivity index is 2.00. The summed E-state index contributed by atoms with van der Waals surface area (Å²) in [7, 11) is 4.61. The molecule has 0 saturated carbocycles. The van der Waals surface area contributed by atoms with Gasteiger partial charge in [-0.15, -0.1) is 0 Å². The molecule has 122 valence electrons. The van der Waals surface area contributed by atoms with Gasteiger partial charge in [0.25, 0.3) is 0 Å². The van der Waals surface area contributed by atoms with Crippen LogP contribution in [-0.2, 0) is 6.54 Å². The summed E-state index contributed by atoms with van der Waals surface area (Å²) in [6, 6.07) is 11.4. The van der Waals surface area contributed by atoms with Gasteiger partial charge < -0.3 is 19.7 Å². The highest BCUT2D eigenvalue weighted by Crippen LogP contribution is 2.19. The Morgan fingerprint density at radius 2 is 1.96 bits per heavy atom. The number of hydrogen-bond donors (Lipinski definition) is 1. The van der Waals surface area contributed by atoms with Gasteiger partial charge in [-0.25, -0.2) is 9.18 Å². The van der Waals surface area contributed by atoms with Gasteiger partial charge in [0.2, 0.25) is 0 Å². The fourth-order valence-electron chi connectivity index (χ4n) is 2.07. The molecule has 2 aromatic carbocycles. The minimum absolute atomic E-state index is 0.178. The molecule has 0 aliphatic carbocycles. The van der Waals surface area contributed by atoms with E-state index < -0.39 is 5.82 Å². The lowest BCUT2D eigenvalue weighted by molar-refractivity contribution is 0.220. The van der Waals surface area contributed by atoms with Gasteiger partial charge in [-0.1, -0.05) is 12.1 Å². The first-order valence-electron chi connectivity index (χ1n) is 7.02. The van der Waals surface area contributed by atoms with Gasteiger partial charge in [0.15, 0.2) is 11.6 Å². The highest BCUT2D eigenvalue weighted by atomic mass is 19.1. The number of nitrogens with one attached hydrogen (secondary N) is 1. The average Bonchev–Trinajstić information content (AvgIpc) is 2.55. The molecule has 0 bridgehead atoms. The van der Waals surface area contributed by atoms with Crippen molar-refractivity contribution < 1.29 is 18.7 Å². The molecule has 0 unspecified atom stereocenters. The second-order valence-electron chi connectivity index (χ2n) is 4.99. The van der Waals surface area contributed by atoms with Crippen molar-refractivity contribution in [1.82, 2.24) is 4.90 Å². The van der Waals surface area contributed by atoms with E-state index in [4.69, 9.17) is 9.47 Å². The number of urea groups is 1. The average molecular weight is 318 g/mol. The van der Waals surface area contributed by atoms with Crippen LogP contribution in [0.1, 0.15) is 5.56 Å². The largest absolute Gasteiger partial charge is 0.497 e. The van der Waals surface area contributed by atoms with Gasteiger partial charge in [0.05, 0.1) is 14.2 Å². The van der Waals surface area contributed by atoms with Crippen molar-refractivity contribution >= 4 is 11.7 Å². The standard InChI is InChI=1S/C17H19FN2O3/c1-20(11-12-7-8-16(23-3)15(18)9-12)17(21)19-13-5-4-6-14(10-13)22-2/h4-10H,11H2,1-3H3,(H,19,21). The highest BCUT2D eigenvalue weighted by molar-refractivity contribution is 5.89. The lowest BCUT2D eigenvalue weighted by atomic mass is 10.2. The van der Waals surface area contributed by atoms with E-state index in [1.165, 1.54) is 18.1 Å². The van der Waals surface area contributed by atoms with Crippen molar-refractivity contribution in [3.63, 3.8) is 0 Å². The van der Waals surface area contributed by atoms with Crippen LogP contribution < -0.4 is 14.8 Å². The monoisotopic (exact) mass is 318 g/mol. The Kier molecular flexibility index (Phi) is 5.41. The minimum atomic E-state index is -0.452. The maximum atomic E-state index is 13.7. The maximum absolute atomic E-state index is 13.7. The Morgan fingerprint density at radius 1 is 1.17 bits per heavy atom. The molecule has 6 heteroatoms. The van der Waals surface area contributed by atoms with Crippen LogP contribution >= 0.6 is 0 Å². The molecule has 0 aliphatic heterocycles. The van der Waals surface area contributed by atoms with Gasteiger partial charge in [0.1, 0.15) is 5.75 Å². The highest BCUT2D eigenvalue weighted by Gasteiger charge is 2.11. The Morgan fingerprint density at radius 3 is 2.61 bits per heavy atom. The predicted molar refractivity (Wildman–Crippen MR) is 86.4 cm³/mol. The van der Waals surface area contributed by atoms with E-state index in [2.05, 4.69) is 5.32 Å². The molecular weight excluding hydrogens is 299 g/mol. The van der Waals surface area contributed by atoms with Gasteiger partial charge in [0, 0.05) is 25.3 Å². The summed E-state index contributed by atoms with van der Waals surface area (Å²) in [5.41, 5.74) is 1.30. The van der Waals surface area contributed by atoms with Crippen LogP contribution in [0.15, 0.2) is 42.5 Å². The molecule has 5 nitrogen and oxygen atoms in total. The molecule has 0 heterocycles. The zero-order chi connectivity index (χ0) is 16.8. The van der Waals surface area contributed by atoms with Gasteiger partial charge in [-0.2, -0.15) is 0 Å². The number of hydrogen-bond acceptors (Lipinski definition) is 3. The Labute approximate surface area is 134 Å². The molecule has 1 N–H and O–H groups in total. The van der Waals surface area contributed by atoms with Crippen LogP contribution in [0.5, 0.6) is 11.5 Å². The second-order valence-corrected chi connectivity index (χ2v) is 4.99. The lowest BCUT2D eigenvalue weighted by Crippen LogP contribution is -2.30.